The first kappa shape index (κ1) is 7.56. The molecule has 0 aliphatic carbocycles. The highest BCUT2D eigenvalue weighted by Gasteiger charge is 2.07. The Labute approximate surface area is 53.6 Å². The monoisotopic (exact) mass is 132 g/mol. The fraction of sp³-hybridized carbons (Fsp3) is 0.400. The van der Waals surface area contributed by atoms with Crippen molar-refractivity contribution in [2.24, 2.45) is 0 Å². The van der Waals surface area contributed by atoms with Gasteiger partial charge in [-0.15, -0.1) is 6.58 Å². The molecule has 0 aliphatic rings. The molecule has 0 radical (unpaired) electrons. The van der Waals surface area contributed by atoms with Crippen LogP contribution in [0.15, 0.2) is 12.7 Å². The van der Waals surface area contributed by atoms with Gasteiger partial charge >= 0.3 is 5.97 Å². The summed E-state index contributed by atoms with van der Waals surface area (Å²) in [7, 11) is 0. The first-order valence-electron chi connectivity index (χ1n) is 2.20. The van der Waals surface area contributed by atoms with Gasteiger partial charge in [-0.2, -0.15) is 12.6 Å². The molecule has 0 aromatic rings. The van der Waals surface area contributed by atoms with Gasteiger partial charge in [0.15, 0.2) is 0 Å². The van der Waals surface area contributed by atoms with E-state index in [2.05, 4.69) is 19.2 Å². The second-order valence-corrected chi connectivity index (χ2v) is 2.00. The van der Waals surface area contributed by atoms with E-state index in [1.807, 2.05) is 0 Å². The summed E-state index contributed by atoms with van der Waals surface area (Å²) in [4.78, 5) is 9.97. The van der Waals surface area contributed by atoms with Crippen molar-refractivity contribution in [2.45, 2.75) is 11.7 Å². The van der Waals surface area contributed by atoms with Gasteiger partial charge in [0.1, 0.15) is 5.25 Å². The molecule has 0 bridgehead atoms. The van der Waals surface area contributed by atoms with E-state index < -0.39 is 11.2 Å². The highest BCUT2D eigenvalue weighted by atomic mass is 32.1. The van der Waals surface area contributed by atoms with Crippen LogP contribution in [-0.4, -0.2) is 16.3 Å². The highest BCUT2D eigenvalue weighted by molar-refractivity contribution is 7.81. The molecule has 0 fully saturated rings. The van der Waals surface area contributed by atoms with Crippen LogP contribution in [-0.2, 0) is 4.79 Å². The lowest BCUT2D eigenvalue weighted by molar-refractivity contribution is -0.136. The Kier molecular flexibility index (Phi) is 3.35. The molecule has 0 aromatic heterocycles. The normalized spacial score (nSPS) is 12.6. The fourth-order valence-electron chi connectivity index (χ4n) is 0.259. The average molecular weight is 132 g/mol. The molecule has 0 rings (SSSR count). The predicted molar refractivity (Wildman–Crippen MR) is 35.2 cm³/mol. The maximum atomic E-state index is 9.97. The SMILES string of the molecule is C=CC[C@H](S)C(=O)O. The van der Waals surface area contributed by atoms with Crippen LogP contribution in [0.2, 0.25) is 0 Å². The molecule has 3 heteroatoms. The molecule has 1 N–H and O–H groups in total. The second kappa shape index (κ2) is 3.55. The maximum Gasteiger partial charge on any atom is 0.316 e. The van der Waals surface area contributed by atoms with Crippen LogP contribution in [0.3, 0.4) is 0 Å². The number of rotatable bonds is 3. The van der Waals surface area contributed by atoms with Gasteiger partial charge in [-0.25, -0.2) is 0 Å². The largest absolute Gasteiger partial charge is 0.480 e. The molecule has 0 aromatic carbocycles. The minimum Gasteiger partial charge on any atom is -0.480 e. The Hall–Kier alpha value is -0.440. The summed E-state index contributed by atoms with van der Waals surface area (Å²) in [6.45, 7) is 3.37. The molecule has 0 amide bonds. The van der Waals surface area contributed by atoms with Crippen molar-refractivity contribution in [2.75, 3.05) is 0 Å². The van der Waals surface area contributed by atoms with Gasteiger partial charge in [0.05, 0.1) is 0 Å². The van der Waals surface area contributed by atoms with Crippen LogP contribution in [0.4, 0.5) is 0 Å². The first-order chi connectivity index (χ1) is 3.68. The summed E-state index contributed by atoms with van der Waals surface area (Å²) in [6, 6.07) is 0. The van der Waals surface area contributed by atoms with E-state index in [9.17, 15) is 4.79 Å². The van der Waals surface area contributed by atoms with Gasteiger partial charge in [-0.1, -0.05) is 6.08 Å². The lowest BCUT2D eigenvalue weighted by Crippen LogP contribution is -2.11. The Balaban J connectivity index is 3.46. The molecule has 2 nitrogen and oxygen atoms in total. The van der Waals surface area contributed by atoms with Gasteiger partial charge in [0, 0.05) is 0 Å². The van der Waals surface area contributed by atoms with Crippen LogP contribution < -0.4 is 0 Å². The number of aliphatic carboxylic acids is 1. The van der Waals surface area contributed by atoms with Crippen molar-refractivity contribution < 1.29 is 9.90 Å². The van der Waals surface area contributed by atoms with Crippen LogP contribution in [0.1, 0.15) is 6.42 Å². The smallest absolute Gasteiger partial charge is 0.316 e. The zero-order chi connectivity index (χ0) is 6.57. The van der Waals surface area contributed by atoms with Gasteiger partial charge in [-0.3, -0.25) is 4.79 Å². The maximum absolute atomic E-state index is 9.97. The number of carboxylic acids is 1. The van der Waals surface area contributed by atoms with Gasteiger partial charge in [0.2, 0.25) is 0 Å². The average Bonchev–Trinajstić information content (AvgIpc) is 1.67. The summed E-state index contributed by atoms with van der Waals surface area (Å²) < 4.78 is 0. The molecule has 0 heterocycles. The quantitative estimate of drug-likeness (QED) is 0.443. The molecular formula is C5H8O2S. The van der Waals surface area contributed by atoms with Crippen molar-refractivity contribution in [3.63, 3.8) is 0 Å². The highest BCUT2D eigenvalue weighted by Crippen LogP contribution is 2.00. The van der Waals surface area contributed by atoms with Crippen LogP contribution in [0.5, 0.6) is 0 Å². The number of hydrogen-bond acceptors (Lipinski definition) is 2. The molecule has 0 saturated heterocycles. The fourth-order valence-corrected chi connectivity index (χ4v) is 0.408. The summed E-state index contributed by atoms with van der Waals surface area (Å²) in [5, 5.41) is 7.60. The van der Waals surface area contributed by atoms with Crippen molar-refractivity contribution in [3.05, 3.63) is 12.7 Å². The Morgan fingerprint density at radius 2 is 2.50 bits per heavy atom. The van der Waals surface area contributed by atoms with E-state index >= 15 is 0 Å². The molecule has 0 saturated carbocycles. The van der Waals surface area contributed by atoms with Gasteiger partial charge < -0.3 is 5.11 Å². The van der Waals surface area contributed by atoms with Crippen LogP contribution in [0, 0.1) is 0 Å². The number of hydrogen-bond donors (Lipinski definition) is 2. The van der Waals surface area contributed by atoms with Crippen molar-refractivity contribution >= 4 is 18.6 Å². The third-order valence-corrected chi connectivity index (χ3v) is 1.11. The molecular weight excluding hydrogens is 124 g/mol. The summed E-state index contributed by atoms with van der Waals surface area (Å²) >= 11 is 3.73. The van der Waals surface area contributed by atoms with Crippen molar-refractivity contribution in [3.8, 4) is 0 Å². The van der Waals surface area contributed by atoms with Crippen LogP contribution in [0.25, 0.3) is 0 Å². The molecule has 0 aliphatic heterocycles. The molecule has 0 spiro atoms. The topological polar surface area (TPSA) is 37.3 Å². The first-order valence-corrected chi connectivity index (χ1v) is 2.72. The zero-order valence-corrected chi connectivity index (χ0v) is 5.27. The third kappa shape index (κ3) is 2.69. The Bertz CT molecular complexity index is 101. The molecule has 1 atom stereocenters. The minimum atomic E-state index is -0.895. The third-order valence-electron chi connectivity index (χ3n) is 0.675. The van der Waals surface area contributed by atoms with E-state index in [-0.39, 0.29) is 0 Å². The number of thiol groups is 1. The summed E-state index contributed by atoms with van der Waals surface area (Å²) in [6.07, 6.45) is 1.95. The molecule has 0 unspecified atom stereocenters. The van der Waals surface area contributed by atoms with E-state index in [4.69, 9.17) is 5.11 Å². The summed E-state index contributed by atoms with van der Waals surface area (Å²) in [5.41, 5.74) is 0. The van der Waals surface area contributed by atoms with E-state index in [1.54, 1.807) is 0 Å². The predicted octanol–water partition coefficient (Wildman–Crippen LogP) is 0.946. The standard InChI is InChI=1S/C5H8O2S/c1-2-3-4(8)5(6)7/h2,4,8H,1,3H2,(H,6,7)/t4-/m0/s1. The number of allylic oxidation sites excluding steroid dienone is 1. The molecule has 8 heavy (non-hydrogen) atoms. The van der Waals surface area contributed by atoms with E-state index in [0.717, 1.165) is 0 Å². The van der Waals surface area contributed by atoms with Gasteiger partial charge in [0.25, 0.3) is 0 Å². The van der Waals surface area contributed by atoms with Gasteiger partial charge in [-0.05, 0) is 6.42 Å². The lowest BCUT2D eigenvalue weighted by atomic mass is 10.3. The second-order valence-electron chi connectivity index (χ2n) is 1.38. The number of carbonyl (C=O) groups is 1. The van der Waals surface area contributed by atoms with Crippen molar-refractivity contribution in [1.29, 1.82) is 0 Å². The minimum absolute atomic E-state index is 0.415. The van der Waals surface area contributed by atoms with E-state index in [1.165, 1.54) is 6.08 Å². The Morgan fingerprint density at radius 3 is 2.62 bits per heavy atom. The van der Waals surface area contributed by atoms with E-state index in [0.29, 0.717) is 6.42 Å². The number of carboxylic acid groups (broad SMARTS) is 1. The van der Waals surface area contributed by atoms with Crippen LogP contribution >= 0.6 is 12.6 Å². The lowest BCUT2D eigenvalue weighted by Gasteiger charge is -1.96. The Morgan fingerprint density at radius 1 is 2.00 bits per heavy atom. The summed E-state index contributed by atoms with van der Waals surface area (Å²) in [5.74, 6) is -0.895. The zero-order valence-electron chi connectivity index (χ0n) is 4.37. The van der Waals surface area contributed by atoms with Crippen molar-refractivity contribution in [1.82, 2.24) is 0 Å². The molecule has 46 valence electrons.